The van der Waals surface area contributed by atoms with Crippen LogP contribution in [0.3, 0.4) is 0 Å². The third-order valence-corrected chi connectivity index (χ3v) is 3.52. The monoisotopic (exact) mass is 323 g/mol. The van der Waals surface area contributed by atoms with Crippen molar-refractivity contribution < 1.29 is 22.8 Å². The number of fused-ring (bicyclic) bond motifs is 1. The van der Waals surface area contributed by atoms with E-state index in [-0.39, 0.29) is 11.1 Å². The molecule has 1 unspecified atom stereocenters. The Kier molecular flexibility index (Phi) is 4.14. The molecule has 5 nitrogen and oxygen atoms in total. The van der Waals surface area contributed by atoms with Gasteiger partial charge in [0.05, 0.1) is 17.3 Å². The molecule has 1 aromatic heterocycles. The van der Waals surface area contributed by atoms with Crippen molar-refractivity contribution in [3.8, 4) is 6.07 Å². The molecule has 0 aliphatic rings. The summed E-state index contributed by atoms with van der Waals surface area (Å²) in [5.74, 6) is -3.08. The van der Waals surface area contributed by atoms with Crippen molar-refractivity contribution in [2.75, 3.05) is 7.05 Å². The number of carbonyl (C=O) groups excluding carboxylic acids is 2. The molecule has 1 heterocycles. The van der Waals surface area contributed by atoms with Crippen molar-refractivity contribution in [1.29, 1.82) is 5.26 Å². The van der Waals surface area contributed by atoms with Gasteiger partial charge in [-0.1, -0.05) is 0 Å². The van der Waals surface area contributed by atoms with E-state index in [0.29, 0.717) is 5.52 Å². The SMILES string of the molecule is CNC(=O)C(C#N)C(=O)c1cc2cc(C(F)(F)F)ccc2n1C. The first-order valence-electron chi connectivity index (χ1n) is 6.52. The fourth-order valence-corrected chi connectivity index (χ4v) is 2.29. The Morgan fingerprint density at radius 3 is 2.48 bits per heavy atom. The van der Waals surface area contributed by atoms with Gasteiger partial charge in [-0.2, -0.15) is 18.4 Å². The Hall–Kier alpha value is -2.82. The number of nitriles is 1. The maximum atomic E-state index is 12.7. The lowest BCUT2D eigenvalue weighted by molar-refractivity contribution is -0.137. The molecule has 0 saturated carbocycles. The molecule has 0 saturated heterocycles. The number of benzene rings is 1. The standard InChI is InChI=1S/C15H12F3N3O2/c1-20-14(23)10(7-19)13(22)12-6-8-5-9(15(16,17)18)3-4-11(8)21(12)2/h3-6,10H,1-2H3,(H,20,23). The van der Waals surface area contributed by atoms with Gasteiger partial charge in [0.15, 0.2) is 5.92 Å². The molecule has 23 heavy (non-hydrogen) atoms. The summed E-state index contributed by atoms with van der Waals surface area (Å²) in [5, 5.41) is 11.4. The van der Waals surface area contributed by atoms with Crippen LogP contribution in [0, 0.1) is 17.2 Å². The van der Waals surface area contributed by atoms with Gasteiger partial charge in [0.2, 0.25) is 11.7 Å². The second kappa shape index (κ2) is 5.76. The Balaban J connectivity index is 2.54. The predicted octanol–water partition coefficient (Wildman–Crippen LogP) is 2.27. The van der Waals surface area contributed by atoms with E-state index in [1.165, 1.54) is 30.8 Å². The van der Waals surface area contributed by atoms with Crippen LogP contribution in [0.2, 0.25) is 0 Å². The first-order valence-corrected chi connectivity index (χ1v) is 6.52. The summed E-state index contributed by atoms with van der Waals surface area (Å²) in [5.41, 5.74) is -0.442. The summed E-state index contributed by atoms with van der Waals surface area (Å²) in [6.45, 7) is 0. The van der Waals surface area contributed by atoms with Crippen LogP contribution in [0.25, 0.3) is 10.9 Å². The lowest BCUT2D eigenvalue weighted by Crippen LogP contribution is -2.32. The van der Waals surface area contributed by atoms with E-state index < -0.39 is 29.3 Å². The molecule has 2 rings (SSSR count). The van der Waals surface area contributed by atoms with Crippen LogP contribution in [0.15, 0.2) is 24.3 Å². The zero-order chi connectivity index (χ0) is 17.4. The number of alkyl halides is 3. The quantitative estimate of drug-likeness (QED) is 0.695. The van der Waals surface area contributed by atoms with Crippen molar-refractivity contribution in [3.05, 3.63) is 35.5 Å². The molecule has 1 aromatic carbocycles. The number of nitrogens with one attached hydrogen (secondary N) is 1. The molecule has 1 N–H and O–H groups in total. The Bertz CT molecular complexity index is 831. The van der Waals surface area contributed by atoms with Gasteiger partial charge in [-0.3, -0.25) is 9.59 Å². The van der Waals surface area contributed by atoms with E-state index in [2.05, 4.69) is 5.32 Å². The maximum Gasteiger partial charge on any atom is 0.416 e. The smallest absolute Gasteiger partial charge is 0.358 e. The van der Waals surface area contributed by atoms with Crippen molar-refractivity contribution in [3.63, 3.8) is 0 Å². The van der Waals surface area contributed by atoms with Crippen molar-refractivity contribution >= 4 is 22.6 Å². The minimum Gasteiger partial charge on any atom is -0.358 e. The third-order valence-electron chi connectivity index (χ3n) is 3.52. The fraction of sp³-hybridized carbons (Fsp3) is 0.267. The molecule has 0 radical (unpaired) electrons. The zero-order valence-corrected chi connectivity index (χ0v) is 12.2. The molecule has 0 spiro atoms. The van der Waals surface area contributed by atoms with E-state index in [1.807, 2.05) is 0 Å². The number of ketones is 1. The highest BCUT2D eigenvalue weighted by Crippen LogP contribution is 2.32. The van der Waals surface area contributed by atoms with Gasteiger partial charge >= 0.3 is 6.18 Å². The van der Waals surface area contributed by atoms with Crippen molar-refractivity contribution in [2.24, 2.45) is 13.0 Å². The molecule has 120 valence electrons. The van der Waals surface area contributed by atoms with Gasteiger partial charge in [-0.05, 0) is 24.3 Å². The molecule has 0 aliphatic carbocycles. The van der Waals surface area contributed by atoms with Gasteiger partial charge < -0.3 is 9.88 Å². The summed E-state index contributed by atoms with van der Waals surface area (Å²) >= 11 is 0. The molecule has 1 atom stereocenters. The topological polar surface area (TPSA) is 74.9 Å². The highest BCUT2D eigenvalue weighted by Gasteiger charge is 2.32. The Labute approximate surface area is 129 Å². The van der Waals surface area contributed by atoms with Gasteiger partial charge in [0.1, 0.15) is 0 Å². The van der Waals surface area contributed by atoms with E-state index in [1.54, 1.807) is 6.07 Å². The largest absolute Gasteiger partial charge is 0.416 e. The van der Waals surface area contributed by atoms with E-state index >= 15 is 0 Å². The van der Waals surface area contributed by atoms with Crippen LogP contribution in [0.4, 0.5) is 13.2 Å². The Morgan fingerprint density at radius 2 is 1.96 bits per heavy atom. The number of rotatable bonds is 3. The summed E-state index contributed by atoms with van der Waals surface area (Å²) in [6.07, 6.45) is -4.49. The average Bonchev–Trinajstić information content (AvgIpc) is 2.83. The molecule has 8 heteroatoms. The summed E-state index contributed by atoms with van der Waals surface area (Å²) in [6, 6.07) is 5.94. The number of aromatic nitrogens is 1. The normalized spacial score (nSPS) is 12.7. The average molecular weight is 323 g/mol. The number of aryl methyl sites for hydroxylation is 1. The lowest BCUT2D eigenvalue weighted by Gasteiger charge is -2.08. The van der Waals surface area contributed by atoms with Crippen LogP contribution in [0.5, 0.6) is 0 Å². The number of carbonyl (C=O) groups is 2. The van der Waals surface area contributed by atoms with Crippen LogP contribution in [-0.2, 0) is 18.0 Å². The number of amides is 1. The summed E-state index contributed by atoms with van der Waals surface area (Å²) in [4.78, 5) is 23.9. The summed E-state index contributed by atoms with van der Waals surface area (Å²) < 4.78 is 39.6. The van der Waals surface area contributed by atoms with Crippen LogP contribution < -0.4 is 5.32 Å². The van der Waals surface area contributed by atoms with Crippen molar-refractivity contribution in [2.45, 2.75) is 6.18 Å². The molecular weight excluding hydrogens is 311 g/mol. The molecule has 0 fully saturated rings. The number of hydrogen-bond donors (Lipinski definition) is 1. The van der Waals surface area contributed by atoms with Crippen LogP contribution in [-0.4, -0.2) is 23.3 Å². The van der Waals surface area contributed by atoms with Crippen LogP contribution in [0.1, 0.15) is 16.1 Å². The van der Waals surface area contributed by atoms with Crippen LogP contribution >= 0.6 is 0 Å². The predicted molar refractivity (Wildman–Crippen MR) is 75.4 cm³/mol. The third kappa shape index (κ3) is 2.90. The molecule has 1 amide bonds. The zero-order valence-electron chi connectivity index (χ0n) is 12.2. The maximum absolute atomic E-state index is 12.7. The second-order valence-corrected chi connectivity index (χ2v) is 4.90. The Morgan fingerprint density at radius 1 is 1.30 bits per heavy atom. The minimum atomic E-state index is -4.49. The summed E-state index contributed by atoms with van der Waals surface area (Å²) in [7, 11) is 2.78. The number of hydrogen-bond acceptors (Lipinski definition) is 3. The number of Topliss-reactive ketones (excluding diaryl/α,β-unsaturated/α-hetero) is 1. The number of halogens is 3. The lowest BCUT2D eigenvalue weighted by atomic mass is 10.0. The molecule has 2 aromatic rings. The molecule has 0 bridgehead atoms. The highest BCUT2D eigenvalue weighted by atomic mass is 19.4. The highest BCUT2D eigenvalue weighted by molar-refractivity contribution is 6.13. The molecular formula is C15H12F3N3O2. The number of nitrogens with zero attached hydrogens (tertiary/aromatic N) is 2. The van der Waals surface area contributed by atoms with Gasteiger partial charge in [-0.25, -0.2) is 0 Å². The van der Waals surface area contributed by atoms with E-state index in [9.17, 15) is 22.8 Å². The minimum absolute atomic E-state index is 0.00512. The van der Waals surface area contributed by atoms with E-state index in [4.69, 9.17) is 5.26 Å². The first-order chi connectivity index (χ1) is 10.7. The second-order valence-electron chi connectivity index (χ2n) is 4.90. The van der Waals surface area contributed by atoms with E-state index in [0.717, 1.165) is 12.1 Å². The molecule has 0 aliphatic heterocycles. The van der Waals surface area contributed by atoms with Gasteiger partial charge in [-0.15, -0.1) is 0 Å². The van der Waals surface area contributed by atoms with Gasteiger partial charge in [0, 0.05) is 25.0 Å². The van der Waals surface area contributed by atoms with Crippen molar-refractivity contribution in [1.82, 2.24) is 9.88 Å². The first kappa shape index (κ1) is 16.5. The fourth-order valence-electron chi connectivity index (χ4n) is 2.29. The van der Waals surface area contributed by atoms with Gasteiger partial charge in [0.25, 0.3) is 0 Å².